The molecule has 25 heavy (non-hydrogen) atoms. The first-order valence-electron chi connectivity index (χ1n) is 7.61. The first kappa shape index (κ1) is 17.8. The molecule has 1 saturated heterocycles. The van der Waals surface area contributed by atoms with Gasteiger partial charge in [0.1, 0.15) is 5.57 Å². The van der Waals surface area contributed by atoms with E-state index in [1.54, 1.807) is 6.08 Å². The molecular formula is C18H16IN3O2S. The van der Waals surface area contributed by atoms with Crippen LogP contribution in [0.3, 0.4) is 0 Å². The quantitative estimate of drug-likeness (QED) is 0.311. The number of amides is 2. The molecule has 0 radical (unpaired) electrons. The number of aromatic nitrogens is 1. The van der Waals surface area contributed by atoms with Crippen LogP contribution in [0.1, 0.15) is 22.5 Å². The van der Waals surface area contributed by atoms with Crippen LogP contribution in [0.15, 0.2) is 29.8 Å². The van der Waals surface area contributed by atoms with E-state index in [4.69, 9.17) is 12.2 Å². The van der Waals surface area contributed by atoms with Gasteiger partial charge in [-0.15, -0.1) is 0 Å². The van der Waals surface area contributed by atoms with Crippen LogP contribution < -0.4 is 10.6 Å². The molecule has 1 aromatic carbocycles. The lowest BCUT2D eigenvalue weighted by molar-refractivity contribution is -0.123. The second-order valence-corrected chi connectivity index (χ2v) is 7.46. The van der Waals surface area contributed by atoms with Gasteiger partial charge in [-0.3, -0.25) is 20.2 Å². The molecule has 1 aliphatic rings. The van der Waals surface area contributed by atoms with E-state index in [0.29, 0.717) is 0 Å². The lowest BCUT2D eigenvalue weighted by Gasteiger charge is -2.16. The minimum Gasteiger partial charge on any atom is -0.318 e. The van der Waals surface area contributed by atoms with Gasteiger partial charge in [0.05, 0.1) is 0 Å². The van der Waals surface area contributed by atoms with Gasteiger partial charge in [0.15, 0.2) is 5.11 Å². The predicted octanol–water partition coefficient (Wildman–Crippen LogP) is 2.92. The molecule has 1 fully saturated rings. The topological polar surface area (TPSA) is 63.1 Å². The van der Waals surface area contributed by atoms with E-state index in [9.17, 15) is 9.59 Å². The summed E-state index contributed by atoms with van der Waals surface area (Å²) in [6.07, 6.45) is 1.60. The van der Waals surface area contributed by atoms with Gasteiger partial charge in [0.25, 0.3) is 11.8 Å². The van der Waals surface area contributed by atoms with Crippen LogP contribution in [-0.2, 0) is 9.59 Å². The zero-order chi connectivity index (χ0) is 18.3. The smallest absolute Gasteiger partial charge is 0.263 e. The van der Waals surface area contributed by atoms with Crippen LogP contribution in [0.4, 0.5) is 0 Å². The van der Waals surface area contributed by atoms with Gasteiger partial charge in [-0.1, -0.05) is 6.07 Å². The van der Waals surface area contributed by atoms with E-state index < -0.39 is 11.8 Å². The van der Waals surface area contributed by atoms with Crippen LogP contribution in [0.2, 0.25) is 0 Å². The van der Waals surface area contributed by atoms with Crippen LogP contribution in [-0.4, -0.2) is 21.5 Å². The number of aryl methyl sites for hydroxylation is 2. The van der Waals surface area contributed by atoms with Crippen molar-refractivity contribution < 1.29 is 9.59 Å². The monoisotopic (exact) mass is 465 g/mol. The van der Waals surface area contributed by atoms with Crippen LogP contribution >= 0.6 is 34.8 Å². The lowest BCUT2D eigenvalue weighted by Crippen LogP contribution is -2.51. The average molecular weight is 465 g/mol. The van der Waals surface area contributed by atoms with Crippen molar-refractivity contribution in [3.8, 4) is 5.69 Å². The Morgan fingerprint density at radius 1 is 1.08 bits per heavy atom. The van der Waals surface area contributed by atoms with Crippen molar-refractivity contribution in [1.82, 2.24) is 15.2 Å². The predicted molar refractivity (Wildman–Crippen MR) is 110 cm³/mol. The number of halogens is 1. The fourth-order valence-electron chi connectivity index (χ4n) is 2.81. The average Bonchev–Trinajstić information content (AvgIpc) is 2.80. The molecule has 0 saturated carbocycles. The Morgan fingerprint density at radius 3 is 2.32 bits per heavy atom. The Hall–Kier alpha value is -2.00. The molecule has 128 valence electrons. The van der Waals surface area contributed by atoms with Gasteiger partial charge in [-0.05, 0) is 91.0 Å². The Balaban J connectivity index is 2.07. The summed E-state index contributed by atoms with van der Waals surface area (Å²) in [6, 6.07) is 8.22. The van der Waals surface area contributed by atoms with Crippen molar-refractivity contribution >= 4 is 57.8 Å². The van der Waals surface area contributed by atoms with Gasteiger partial charge in [0.2, 0.25) is 0 Å². The summed E-state index contributed by atoms with van der Waals surface area (Å²) in [5.41, 5.74) is 5.12. The molecule has 2 heterocycles. The Morgan fingerprint density at radius 2 is 1.72 bits per heavy atom. The highest BCUT2D eigenvalue weighted by Gasteiger charge is 2.26. The maximum atomic E-state index is 12.0. The molecule has 0 unspecified atom stereocenters. The van der Waals surface area contributed by atoms with Gasteiger partial charge in [0, 0.05) is 20.6 Å². The maximum absolute atomic E-state index is 12.0. The molecule has 3 rings (SSSR count). The molecule has 0 bridgehead atoms. The number of carbonyl (C=O) groups is 2. The normalized spacial score (nSPS) is 14.4. The Labute approximate surface area is 164 Å². The molecule has 2 amide bonds. The van der Waals surface area contributed by atoms with Crippen molar-refractivity contribution in [2.45, 2.75) is 20.8 Å². The molecule has 0 atom stereocenters. The Bertz CT molecular complexity index is 937. The third-order valence-corrected chi connectivity index (χ3v) is 5.49. The summed E-state index contributed by atoms with van der Waals surface area (Å²) >= 11 is 7.13. The highest BCUT2D eigenvalue weighted by Crippen LogP contribution is 2.25. The summed E-state index contributed by atoms with van der Waals surface area (Å²) < 4.78 is 3.29. The van der Waals surface area contributed by atoms with E-state index in [2.05, 4.69) is 62.9 Å². The number of hydrogen-bond acceptors (Lipinski definition) is 3. The molecule has 0 aliphatic carbocycles. The Kier molecular flexibility index (Phi) is 4.79. The fourth-order valence-corrected chi connectivity index (χ4v) is 3.50. The largest absolute Gasteiger partial charge is 0.318 e. The molecular weight excluding hydrogens is 449 g/mol. The lowest BCUT2D eigenvalue weighted by atomic mass is 10.1. The van der Waals surface area contributed by atoms with E-state index >= 15 is 0 Å². The van der Waals surface area contributed by atoms with Gasteiger partial charge >= 0.3 is 0 Å². The zero-order valence-corrected chi connectivity index (χ0v) is 16.9. The number of thiocarbonyl (C=S) groups is 1. The van der Waals surface area contributed by atoms with Crippen LogP contribution in [0.25, 0.3) is 11.8 Å². The standard InChI is InChI=1S/C18H16IN3O2S/c1-9-4-5-13(8-15(9)19)22-10(2)6-12(11(22)3)7-14-16(23)20-18(25)21-17(14)24/h4-8H,1-3H3,(H2,20,21,23,24,25). The molecule has 5 nitrogen and oxygen atoms in total. The molecule has 2 N–H and O–H groups in total. The first-order valence-corrected chi connectivity index (χ1v) is 9.10. The third-order valence-electron chi connectivity index (χ3n) is 4.13. The molecule has 1 aliphatic heterocycles. The third kappa shape index (κ3) is 3.38. The minimum absolute atomic E-state index is 0.0341. The highest BCUT2D eigenvalue weighted by atomic mass is 127. The maximum Gasteiger partial charge on any atom is 0.263 e. The van der Waals surface area contributed by atoms with Crippen molar-refractivity contribution in [3.63, 3.8) is 0 Å². The van der Waals surface area contributed by atoms with Gasteiger partial charge in [-0.25, -0.2) is 0 Å². The number of hydrogen-bond donors (Lipinski definition) is 2. The van der Waals surface area contributed by atoms with Crippen LogP contribution in [0.5, 0.6) is 0 Å². The van der Waals surface area contributed by atoms with Crippen molar-refractivity contribution in [3.05, 3.63) is 55.9 Å². The number of carbonyl (C=O) groups excluding carboxylic acids is 2. The van der Waals surface area contributed by atoms with Gasteiger partial charge < -0.3 is 4.57 Å². The summed E-state index contributed by atoms with van der Waals surface area (Å²) in [5.74, 6) is -0.966. The number of benzene rings is 1. The number of rotatable bonds is 2. The number of nitrogens with one attached hydrogen (secondary N) is 2. The SMILES string of the molecule is Cc1ccc(-n2c(C)cc(C=C3C(=O)NC(=S)NC3=O)c2C)cc1I. The molecule has 1 aromatic heterocycles. The van der Waals surface area contributed by atoms with Crippen molar-refractivity contribution in [2.75, 3.05) is 0 Å². The van der Waals surface area contributed by atoms with E-state index in [1.165, 1.54) is 9.13 Å². The van der Waals surface area contributed by atoms with Crippen molar-refractivity contribution in [2.24, 2.45) is 0 Å². The second-order valence-electron chi connectivity index (χ2n) is 5.89. The van der Waals surface area contributed by atoms with E-state index in [-0.39, 0.29) is 10.7 Å². The molecule has 0 spiro atoms. The summed E-state index contributed by atoms with van der Waals surface area (Å²) in [5, 5.41) is 4.94. The summed E-state index contributed by atoms with van der Waals surface area (Å²) in [4.78, 5) is 24.1. The molecule has 2 aromatic rings. The fraction of sp³-hybridized carbons (Fsp3) is 0.167. The van der Waals surface area contributed by atoms with E-state index in [1.807, 2.05) is 19.9 Å². The highest BCUT2D eigenvalue weighted by molar-refractivity contribution is 14.1. The van der Waals surface area contributed by atoms with Crippen LogP contribution in [0, 0.1) is 24.3 Å². The summed E-state index contributed by atoms with van der Waals surface area (Å²) in [7, 11) is 0. The van der Waals surface area contributed by atoms with E-state index in [0.717, 1.165) is 22.6 Å². The van der Waals surface area contributed by atoms with Crippen molar-refractivity contribution in [1.29, 1.82) is 0 Å². The van der Waals surface area contributed by atoms with Gasteiger partial charge in [-0.2, -0.15) is 0 Å². The minimum atomic E-state index is -0.483. The first-order chi connectivity index (χ1) is 11.8. The number of nitrogens with zero attached hydrogens (tertiary/aromatic N) is 1. The molecule has 7 heteroatoms. The second kappa shape index (κ2) is 6.72. The summed E-state index contributed by atoms with van der Waals surface area (Å²) in [6.45, 7) is 6.04. The zero-order valence-electron chi connectivity index (χ0n) is 13.9.